The van der Waals surface area contributed by atoms with Gasteiger partial charge in [-0.3, -0.25) is 9.59 Å². The molecule has 0 bridgehead atoms. The predicted molar refractivity (Wildman–Crippen MR) is 135 cm³/mol. The fourth-order valence-electron chi connectivity index (χ4n) is 4.77. The highest BCUT2D eigenvalue weighted by atomic mass is 16.5. The number of piperidine rings is 1. The van der Waals surface area contributed by atoms with Crippen molar-refractivity contribution in [3.63, 3.8) is 0 Å². The normalized spacial score (nSPS) is 14.3. The number of fused-ring (bicyclic) bond motifs is 1. The van der Waals surface area contributed by atoms with Gasteiger partial charge in [-0.1, -0.05) is 6.07 Å². The van der Waals surface area contributed by atoms with E-state index >= 15 is 0 Å². The summed E-state index contributed by atoms with van der Waals surface area (Å²) in [7, 11) is 1.68. The third-order valence-corrected chi connectivity index (χ3v) is 6.69. The van der Waals surface area contributed by atoms with Crippen LogP contribution in [0.2, 0.25) is 0 Å². The van der Waals surface area contributed by atoms with Gasteiger partial charge in [0, 0.05) is 66.8 Å². The maximum atomic E-state index is 13.2. The maximum Gasteiger partial charge on any atom is 0.253 e. The Kier molecular flexibility index (Phi) is 6.52. The number of methoxy groups -OCH3 is 1. The molecule has 0 atom stereocenters. The number of H-pyrrole nitrogens is 1. The molecule has 1 fully saturated rings. The molecule has 180 valence electrons. The van der Waals surface area contributed by atoms with Crippen LogP contribution in [0.1, 0.15) is 41.1 Å². The third-order valence-electron chi connectivity index (χ3n) is 6.69. The van der Waals surface area contributed by atoms with Crippen LogP contribution in [-0.4, -0.2) is 51.4 Å². The molecule has 0 spiro atoms. The van der Waals surface area contributed by atoms with Crippen LogP contribution in [0.15, 0.2) is 67.4 Å². The Labute approximate surface area is 203 Å². The van der Waals surface area contributed by atoms with Crippen molar-refractivity contribution in [1.82, 2.24) is 19.4 Å². The fraction of sp³-hybridized carbons (Fsp3) is 0.296. The van der Waals surface area contributed by atoms with Crippen molar-refractivity contribution in [3.8, 4) is 5.75 Å². The van der Waals surface area contributed by atoms with Crippen molar-refractivity contribution in [1.29, 1.82) is 0 Å². The van der Waals surface area contributed by atoms with Crippen LogP contribution in [-0.2, 0) is 11.3 Å². The van der Waals surface area contributed by atoms with E-state index in [0.717, 1.165) is 24.1 Å². The first-order valence-electron chi connectivity index (χ1n) is 11.9. The highest BCUT2D eigenvalue weighted by Crippen LogP contribution is 2.35. The minimum atomic E-state index is -0.0977. The zero-order chi connectivity index (χ0) is 24.2. The van der Waals surface area contributed by atoms with E-state index in [1.807, 2.05) is 46.0 Å². The summed E-state index contributed by atoms with van der Waals surface area (Å²) in [6.07, 6.45) is 9.43. The van der Waals surface area contributed by atoms with Crippen LogP contribution in [0.4, 0.5) is 5.69 Å². The molecule has 0 saturated carbocycles. The zero-order valence-corrected chi connectivity index (χ0v) is 19.7. The minimum absolute atomic E-state index is 0.00133. The lowest BCUT2D eigenvalue weighted by Crippen LogP contribution is -2.37. The van der Waals surface area contributed by atoms with Gasteiger partial charge in [0.05, 0.1) is 13.4 Å². The molecule has 1 saturated heterocycles. The molecule has 35 heavy (non-hydrogen) atoms. The second-order valence-corrected chi connectivity index (χ2v) is 8.90. The number of carbonyl (C=O) groups is 2. The van der Waals surface area contributed by atoms with E-state index in [0.29, 0.717) is 43.2 Å². The Morgan fingerprint density at radius 3 is 2.80 bits per heavy atom. The number of carbonyl (C=O) groups excluding carboxylic acids is 2. The minimum Gasteiger partial charge on any atom is -0.497 e. The van der Waals surface area contributed by atoms with Gasteiger partial charge in [0.1, 0.15) is 5.75 Å². The van der Waals surface area contributed by atoms with Gasteiger partial charge in [0.2, 0.25) is 5.91 Å². The molecule has 1 aliphatic heterocycles. The van der Waals surface area contributed by atoms with Crippen LogP contribution in [0.5, 0.6) is 5.75 Å². The number of hydrogen-bond acceptors (Lipinski definition) is 4. The molecule has 2 aromatic heterocycles. The van der Waals surface area contributed by atoms with Gasteiger partial charge in [-0.15, -0.1) is 0 Å². The first kappa shape index (κ1) is 22.7. The topological polar surface area (TPSA) is 92.3 Å². The first-order chi connectivity index (χ1) is 17.1. The van der Waals surface area contributed by atoms with E-state index < -0.39 is 0 Å². The molecule has 8 nitrogen and oxygen atoms in total. The second kappa shape index (κ2) is 10.0. The van der Waals surface area contributed by atoms with Crippen molar-refractivity contribution in [2.75, 3.05) is 25.5 Å². The Morgan fingerprint density at radius 1 is 1.17 bits per heavy atom. The fourth-order valence-corrected chi connectivity index (χ4v) is 4.77. The van der Waals surface area contributed by atoms with Crippen LogP contribution < -0.4 is 10.1 Å². The number of nitrogens with zero attached hydrogens (tertiary/aromatic N) is 3. The number of likely N-dealkylation sites (tertiary alicyclic amines) is 1. The standard InChI is InChI=1S/C27H29N5O3/c1-35-22-5-6-25-23(16-22)24(17-29-25)19-7-12-32(13-8-19)27(34)20-3-2-4-21(15-20)30-26(33)9-11-31-14-10-28-18-31/h2-6,10,14-19,29H,7-9,11-13H2,1H3,(H,30,33). The number of ether oxygens (including phenoxy) is 1. The van der Waals surface area contributed by atoms with Crippen molar-refractivity contribution in [2.45, 2.75) is 31.7 Å². The van der Waals surface area contributed by atoms with Gasteiger partial charge in [-0.2, -0.15) is 0 Å². The van der Waals surface area contributed by atoms with Crippen molar-refractivity contribution < 1.29 is 14.3 Å². The number of rotatable bonds is 7. The summed E-state index contributed by atoms with van der Waals surface area (Å²) >= 11 is 0. The average molecular weight is 472 g/mol. The van der Waals surface area contributed by atoms with Gasteiger partial charge in [-0.05, 0) is 60.7 Å². The number of imidazole rings is 1. The van der Waals surface area contributed by atoms with Crippen molar-refractivity contribution >= 4 is 28.4 Å². The molecule has 8 heteroatoms. The molecule has 1 aliphatic rings. The molecular formula is C27H29N5O3. The van der Waals surface area contributed by atoms with Gasteiger partial charge in [0.15, 0.2) is 0 Å². The highest BCUT2D eigenvalue weighted by Gasteiger charge is 2.26. The Morgan fingerprint density at radius 2 is 2.03 bits per heavy atom. The summed E-state index contributed by atoms with van der Waals surface area (Å²) in [6.45, 7) is 1.95. The molecule has 5 rings (SSSR count). The Balaban J connectivity index is 1.19. The van der Waals surface area contributed by atoms with Gasteiger partial charge < -0.3 is 24.5 Å². The summed E-state index contributed by atoms with van der Waals surface area (Å²) < 4.78 is 7.26. The van der Waals surface area contributed by atoms with Crippen LogP contribution in [0, 0.1) is 0 Å². The van der Waals surface area contributed by atoms with E-state index in [9.17, 15) is 9.59 Å². The molecule has 0 radical (unpaired) electrons. The lowest BCUT2D eigenvalue weighted by molar-refractivity contribution is -0.116. The summed E-state index contributed by atoms with van der Waals surface area (Å²) in [5.74, 6) is 1.14. The van der Waals surface area contributed by atoms with E-state index in [1.165, 1.54) is 10.9 Å². The molecule has 2 N–H and O–H groups in total. The number of benzene rings is 2. The van der Waals surface area contributed by atoms with Crippen molar-refractivity contribution in [2.24, 2.45) is 0 Å². The first-order valence-corrected chi connectivity index (χ1v) is 11.9. The van der Waals surface area contributed by atoms with Gasteiger partial charge >= 0.3 is 0 Å². The molecule has 2 amide bonds. The number of anilines is 1. The van der Waals surface area contributed by atoms with E-state index in [4.69, 9.17) is 4.74 Å². The van der Waals surface area contributed by atoms with Crippen LogP contribution in [0.3, 0.4) is 0 Å². The Hall–Kier alpha value is -4.07. The largest absolute Gasteiger partial charge is 0.497 e. The number of aromatic amines is 1. The molecule has 4 aromatic rings. The summed E-state index contributed by atoms with van der Waals surface area (Å²) in [6, 6.07) is 13.3. The zero-order valence-electron chi connectivity index (χ0n) is 19.7. The van der Waals surface area contributed by atoms with Crippen molar-refractivity contribution in [3.05, 3.63) is 78.5 Å². The predicted octanol–water partition coefficient (Wildman–Crippen LogP) is 4.42. The number of amides is 2. The number of aromatic nitrogens is 3. The summed E-state index contributed by atoms with van der Waals surface area (Å²) in [5.41, 5.74) is 3.61. The number of aryl methyl sites for hydroxylation is 1. The molecule has 3 heterocycles. The van der Waals surface area contributed by atoms with E-state index in [-0.39, 0.29) is 11.8 Å². The summed E-state index contributed by atoms with van der Waals surface area (Å²) in [4.78, 5) is 34.8. The van der Waals surface area contributed by atoms with Gasteiger partial charge in [0.25, 0.3) is 5.91 Å². The molecule has 0 unspecified atom stereocenters. The molecule has 2 aromatic carbocycles. The average Bonchev–Trinajstić information content (AvgIpc) is 3.57. The highest BCUT2D eigenvalue weighted by molar-refractivity contribution is 5.97. The summed E-state index contributed by atoms with van der Waals surface area (Å²) in [5, 5.41) is 4.08. The number of hydrogen-bond donors (Lipinski definition) is 2. The monoisotopic (exact) mass is 471 g/mol. The van der Waals surface area contributed by atoms with Crippen LogP contribution in [0.25, 0.3) is 10.9 Å². The smallest absolute Gasteiger partial charge is 0.253 e. The SMILES string of the molecule is COc1ccc2[nH]cc(C3CCN(C(=O)c4cccc(NC(=O)CCn5ccnc5)c4)CC3)c2c1. The van der Waals surface area contributed by atoms with Gasteiger partial charge in [-0.25, -0.2) is 4.98 Å². The number of nitrogens with one attached hydrogen (secondary N) is 2. The van der Waals surface area contributed by atoms with E-state index in [2.05, 4.69) is 27.5 Å². The maximum absolute atomic E-state index is 13.2. The quantitative estimate of drug-likeness (QED) is 0.417. The molecule has 0 aliphatic carbocycles. The third kappa shape index (κ3) is 5.06. The second-order valence-electron chi connectivity index (χ2n) is 8.90. The lowest BCUT2D eigenvalue weighted by atomic mass is 9.89. The Bertz CT molecular complexity index is 1320. The van der Waals surface area contributed by atoms with E-state index in [1.54, 1.807) is 25.7 Å². The lowest BCUT2D eigenvalue weighted by Gasteiger charge is -2.32. The molecular weight excluding hydrogens is 442 g/mol. The van der Waals surface area contributed by atoms with Crippen LogP contribution >= 0.6 is 0 Å².